The first-order valence-corrected chi connectivity index (χ1v) is 5.63. The van der Waals surface area contributed by atoms with Crippen LogP contribution in [0.25, 0.3) is 0 Å². The fourth-order valence-electron chi connectivity index (χ4n) is 1.37. The third kappa shape index (κ3) is 2.72. The van der Waals surface area contributed by atoms with Crippen molar-refractivity contribution in [3.8, 4) is 5.75 Å². The Labute approximate surface area is 93.3 Å². The molecule has 0 unspecified atom stereocenters. The Morgan fingerprint density at radius 1 is 1.36 bits per heavy atom. The van der Waals surface area contributed by atoms with E-state index < -0.39 is 0 Å². The van der Waals surface area contributed by atoms with Gasteiger partial charge in [0.2, 0.25) is 0 Å². The van der Waals surface area contributed by atoms with Gasteiger partial charge in [-0.1, -0.05) is 12.1 Å². The van der Waals surface area contributed by atoms with Gasteiger partial charge in [0.1, 0.15) is 5.75 Å². The highest BCUT2D eigenvalue weighted by molar-refractivity contribution is 9.10. The standard InChI is InChI=1S/C11H16BrNO/c1-8-5-6-9(4-2-3-7-13)11(14)10(8)12/h5-6,14H,2-4,7,13H2,1H3. The van der Waals surface area contributed by atoms with Crippen molar-refractivity contribution in [3.05, 3.63) is 27.7 Å². The predicted molar refractivity (Wildman–Crippen MR) is 62.5 cm³/mol. The number of rotatable bonds is 4. The average Bonchev–Trinajstić information content (AvgIpc) is 2.18. The van der Waals surface area contributed by atoms with Crippen molar-refractivity contribution in [1.82, 2.24) is 0 Å². The summed E-state index contributed by atoms with van der Waals surface area (Å²) < 4.78 is 0.808. The molecule has 0 spiro atoms. The molecule has 0 radical (unpaired) electrons. The van der Waals surface area contributed by atoms with Crippen LogP contribution in [0.3, 0.4) is 0 Å². The summed E-state index contributed by atoms with van der Waals surface area (Å²) in [6.07, 6.45) is 2.92. The molecule has 0 saturated heterocycles. The molecule has 14 heavy (non-hydrogen) atoms. The molecule has 0 fully saturated rings. The van der Waals surface area contributed by atoms with Crippen LogP contribution in [-0.4, -0.2) is 11.7 Å². The van der Waals surface area contributed by atoms with Crippen LogP contribution in [0, 0.1) is 6.92 Å². The molecule has 1 aromatic rings. The molecular weight excluding hydrogens is 242 g/mol. The summed E-state index contributed by atoms with van der Waals surface area (Å²) in [4.78, 5) is 0. The van der Waals surface area contributed by atoms with Gasteiger partial charge in [0.15, 0.2) is 0 Å². The lowest BCUT2D eigenvalue weighted by molar-refractivity contribution is 0.462. The third-order valence-corrected chi connectivity index (χ3v) is 3.29. The predicted octanol–water partition coefficient (Wildman–Crippen LogP) is 2.74. The van der Waals surface area contributed by atoms with E-state index in [1.807, 2.05) is 19.1 Å². The molecule has 1 rings (SSSR count). The van der Waals surface area contributed by atoms with Crippen molar-refractivity contribution in [1.29, 1.82) is 0 Å². The molecule has 0 amide bonds. The summed E-state index contributed by atoms with van der Waals surface area (Å²) in [6.45, 7) is 2.68. The van der Waals surface area contributed by atoms with Crippen LogP contribution in [0.2, 0.25) is 0 Å². The number of aryl methyl sites for hydroxylation is 2. The molecule has 0 bridgehead atoms. The lowest BCUT2D eigenvalue weighted by Crippen LogP contribution is -1.99. The topological polar surface area (TPSA) is 46.2 Å². The Hall–Kier alpha value is -0.540. The van der Waals surface area contributed by atoms with E-state index in [2.05, 4.69) is 15.9 Å². The molecule has 3 heteroatoms. The Bertz CT molecular complexity index is 312. The maximum atomic E-state index is 9.80. The lowest BCUT2D eigenvalue weighted by atomic mass is 10.1. The van der Waals surface area contributed by atoms with E-state index in [4.69, 9.17) is 5.73 Å². The van der Waals surface area contributed by atoms with Crippen molar-refractivity contribution in [2.45, 2.75) is 26.2 Å². The summed E-state index contributed by atoms with van der Waals surface area (Å²) in [5.41, 5.74) is 7.47. The normalized spacial score (nSPS) is 10.5. The maximum Gasteiger partial charge on any atom is 0.133 e. The van der Waals surface area contributed by atoms with Gasteiger partial charge in [0.05, 0.1) is 4.47 Å². The van der Waals surface area contributed by atoms with E-state index in [1.54, 1.807) is 0 Å². The maximum absolute atomic E-state index is 9.80. The van der Waals surface area contributed by atoms with Crippen LogP contribution in [0.4, 0.5) is 0 Å². The highest BCUT2D eigenvalue weighted by Gasteiger charge is 2.06. The minimum Gasteiger partial charge on any atom is -0.506 e. The second-order valence-corrected chi connectivity index (χ2v) is 4.24. The average molecular weight is 258 g/mol. The van der Waals surface area contributed by atoms with Crippen LogP contribution in [-0.2, 0) is 6.42 Å². The van der Waals surface area contributed by atoms with E-state index in [9.17, 15) is 5.11 Å². The van der Waals surface area contributed by atoms with Gasteiger partial charge in [-0.15, -0.1) is 0 Å². The van der Waals surface area contributed by atoms with Crippen LogP contribution in [0.5, 0.6) is 5.75 Å². The van der Waals surface area contributed by atoms with Gasteiger partial charge in [0.25, 0.3) is 0 Å². The first kappa shape index (κ1) is 11.5. The lowest BCUT2D eigenvalue weighted by Gasteiger charge is -2.07. The molecule has 0 aliphatic carbocycles. The highest BCUT2D eigenvalue weighted by atomic mass is 79.9. The summed E-state index contributed by atoms with van der Waals surface area (Å²) in [5, 5.41) is 9.80. The fourth-order valence-corrected chi connectivity index (χ4v) is 1.75. The number of hydrogen-bond donors (Lipinski definition) is 2. The number of aromatic hydroxyl groups is 1. The van der Waals surface area contributed by atoms with Crippen molar-refractivity contribution in [3.63, 3.8) is 0 Å². The Morgan fingerprint density at radius 3 is 2.71 bits per heavy atom. The molecule has 2 nitrogen and oxygen atoms in total. The van der Waals surface area contributed by atoms with Gasteiger partial charge in [-0.2, -0.15) is 0 Å². The molecule has 0 saturated carbocycles. The minimum absolute atomic E-state index is 0.377. The first-order valence-electron chi connectivity index (χ1n) is 4.84. The molecular formula is C11H16BrNO. The molecule has 3 N–H and O–H groups in total. The second-order valence-electron chi connectivity index (χ2n) is 3.45. The quantitative estimate of drug-likeness (QED) is 0.816. The summed E-state index contributed by atoms with van der Waals surface area (Å²) in [7, 11) is 0. The number of phenols is 1. The Balaban J connectivity index is 2.73. The zero-order valence-corrected chi connectivity index (χ0v) is 9.97. The molecule has 0 aliphatic rings. The van der Waals surface area contributed by atoms with E-state index >= 15 is 0 Å². The molecule has 1 aromatic carbocycles. The van der Waals surface area contributed by atoms with Gasteiger partial charge in [-0.05, 0) is 59.8 Å². The number of nitrogens with two attached hydrogens (primary N) is 1. The zero-order chi connectivity index (χ0) is 10.6. The van der Waals surface area contributed by atoms with E-state index in [0.29, 0.717) is 12.3 Å². The smallest absolute Gasteiger partial charge is 0.133 e. The van der Waals surface area contributed by atoms with Gasteiger partial charge in [0, 0.05) is 0 Å². The van der Waals surface area contributed by atoms with Gasteiger partial charge in [-0.3, -0.25) is 0 Å². The van der Waals surface area contributed by atoms with Crippen LogP contribution >= 0.6 is 15.9 Å². The number of hydrogen-bond acceptors (Lipinski definition) is 2. The summed E-state index contributed by atoms with van der Waals surface area (Å²) in [6, 6.07) is 3.99. The third-order valence-electron chi connectivity index (χ3n) is 2.29. The van der Waals surface area contributed by atoms with Crippen LogP contribution in [0.15, 0.2) is 16.6 Å². The van der Waals surface area contributed by atoms with Gasteiger partial charge < -0.3 is 10.8 Å². The fraction of sp³-hybridized carbons (Fsp3) is 0.455. The van der Waals surface area contributed by atoms with E-state index in [0.717, 1.165) is 34.9 Å². The summed E-state index contributed by atoms with van der Waals surface area (Å²) >= 11 is 3.36. The largest absolute Gasteiger partial charge is 0.506 e. The highest BCUT2D eigenvalue weighted by Crippen LogP contribution is 2.31. The first-order chi connectivity index (χ1) is 6.66. The number of unbranched alkanes of at least 4 members (excludes halogenated alkanes) is 1. The van der Waals surface area contributed by atoms with Crippen molar-refractivity contribution in [2.24, 2.45) is 5.73 Å². The molecule has 0 aromatic heterocycles. The number of phenolic OH excluding ortho intramolecular Hbond substituents is 1. The summed E-state index contributed by atoms with van der Waals surface area (Å²) in [5.74, 6) is 0.377. The monoisotopic (exact) mass is 257 g/mol. The van der Waals surface area contributed by atoms with Gasteiger partial charge >= 0.3 is 0 Å². The van der Waals surface area contributed by atoms with Crippen molar-refractivity contribution >= 4 is 15.9 Å². The zero-order valence-electron chi connectivity index (χ0n) is 8.39. The Morgan fingerprint density at radius 2 is 2.07 bits per heavy atom. The molecule has 0 atom stereocenters. The van der Waals surface area contributed by atoms with E-state index in [-0.39, 0.29) is 0 Å². The van der Waals surface area contributed by atoms with Crippen LogP contribution in [0.1, 0.15) is 24.0 Å². The molecule has 0 heterocycles. The molecule has 78 valence electrons. The minimum atomic E-state index is 0.377. The number of halogens is 1. The van der Waals surface area contributed by atoms with Gasteiger partial charge in [-0.25, -0.2) is 0 Å². The van der Waals surface area contributed by atoms with Crippen LogP contribution < -0.4 is 5.73 Å². The van der Waals surface area contributed by atoms with Crippen molar-refractivity contribution in [2.75, 3.05) is 6.54 Å². The van der Waals surface area contributed by atoms with Crippen molar-refractivity contribution < 1.29 is 5.11 Å². The number of benzene rings is 1. The Kier molecular flexibility index (Phi) is 4.42. The second kappa shape index (κ2) is 5.37. The SMILES string of the molecule is Cc1ccc(CCCCN)c(O)c1Br. The molecule has 0 aliphatic heterocycles. The van der Waals surface area contributed by atoms with E-state index in [1.165, 1.54) is 0 Å².